The lowest BCUT2D eigenvalue weighted by atomic mass is 10.2. The molecule has 1 aromatic heterocycles. The van der Waals surface area contributed by atoms with Gasteiger partial charge in [-0.2, -0.15) is 0 Å². The third kappa shape index (κ3) is 5.60. The highest BCUT2D eigenvalue weighted by atomic mass is 35.5. The number of aryl methyl sites for hydroxylation is 1. The summed E-state index contributed by atoms with van der Waals surface area (Å²) in [5, 5.41) is 1.36. The largest absolute Gasteiger partial charge is 0.494 e. The van der Waals surface area contributed by atoms with Crippen LogP contribution in [0.2, 0.25) is 5.02 Å². The van der Waals surface area contributed by atoms with Gasteiger partial charge in [0.1, 0.15) is 5.75 Å². The van der Waals surface area contributed by atoms with Crippen molar-refractivity contribution in [1.82, 2.24) is 9.88 Å². The van der Waals surface area contributed by atoms with Crippen LogP contribution in [0.4, 0.5) is 5.13 Å². The molecule has 0 aliphatic heterocycles. The molecule has 8 heteroatoms. The molecule has 0 bridgehead atoms. The van der Waals surface area contributed by atoms with Crippen molar-refractivity contribution in [3.8, 4) is 5.75 Å². The van der Waals surface area contributed by atoms with Gasteiger partial charge in [-0.15, -0.1) is 12.4 Å². The average Bonchev–Trinajstić information content (AvgIpc) is 3.06. The Morgan fingerprint density at radius 1 is 1.17 bits per heavy atom. The van der Waals surface area contributed by atoms with Crippen molar-refractivity contribution in [2.75, 3.05) is 38.7 Å². The Hall–Kier alpha value is -1.86. The second-order valence-corrected chi connectivity index (χ2v) is 8.23. The van der Waals surface area contributed by atoms with E-state index in [1.165, 1.54) is 11.3 Å². The molecule has 0 unspecified atom stereocenters. The summed E-state index contributed by atoms with van der Waals surface area (Å²) in [5.74, 6) is 0.678. The number of carbonyl (C=O) groups excluding carboxylic acids is 1. The monoisotopic (exact) mass is 453 g/mol. The van der Waals surface area contributed by atoms with Crippen LogP contribution < -0.4 is 9.64 Å². The maximum Gasteiger partial charge on any atom is 0.260 e. The molecule has 5 nitrogen and oxygen atoms in total. The number of aromatic nitrogens is 1. The summed E-state index contributed by atoms with van der Waals surface area (Å²) in [6.45, 7) is 5.79. The number of anilines is 1. The second kappa shape index (κ2) is 10.3. The Labute approximate surface area is 186 Å². The van der Waals surface area contributed by atoms with Crippen LogP contribution in [0, 0.1) is 6.92 Å². The quantitative estimate of drug-likeness (QED) is 0.487. The standard InChI is InChI=1S/C21H24ClN3O2S.ClH/c1-5-27-17-8-6-15(7-9-17)20(26)25(11-10-24(3)4)21-23-19-14(2)12-16(22)13-18(19)28-21;/h6-9,12-13H,5,10-11H2,1-4H3;1H. The lowest BCUT2D eigenvalue weighted by molar-refractivity contribution is 0.0985. The summed E-state index contributed by atoms with van der Waals surface area (Å²) in [5.41, 5.74) is 2.50. The maximum absolute atomic E-state index is 13.3. The highest BCUT2D eigenvalue weighted by molar-refractivity contribution is 7.22. The maximum atomic E-state index is 13.3. The summed E-state index contributed by atoms with van der Waals surface area (Å²) in [4.78, 5) is 21.8. The van der Waals surface area contributed by atoms with Crippen LogP contribution in [0.3, 0.4) is 0 Å². The second-order valence-electron chi connectivity index (χ2n) is 6.78. The predicted octanol–water partition coefficient (Wildman–Crippen LogP) is 5.29. The highest BCUT2D eigenvalue weighted by Gasteiger charge is 2.22. The zero-order valence-corrected chi connectivity index (χ0v) is 19.3. The molecule has 0 aliphatic rings. The van der Waals surface area contributed by atoms with Crippen molar-refractivity contribution in [2.45, 2.75) is 13.8 Å². The molecule has 0 atom stereocenters. The van der Waals surface area contributed by atoms with Gasteiger partial charge < -0.3 is 9.64 Å². The van der Waals surface area contributed by atoms with E-state index in [2.05, 4.69) is 0 Å². The minimum absolute atomic E-state index is 0. The summed E-state index contributed by atoms with van der Waals surface area (Å²) >= 11 is 7.68. The van der Waals surface area contributed by atoms with E-state index in [1.807, 2.05) is 57.1 Å². The minimum atomic E-state index is -0.0762. The number of thiazole rings is 1. The van der Waals surface area contributed by atoms with Gasteiger partial charge in [-0.25, -0.2) is 4.98 Å². The molecule has 0 aliphatic carbocycles. The number of hydrogen-bond acceptors (Lipinski definition) is 5. The van der Waals surface area contributed by atoms with Gasteiger partial charge in [0, 0.05) is 23.7 Å². The number of nitrogens with zero attached hydrogens (tertiary/aromatic N) is 3. The Morgan fingerprint density at radius 2 is 1.86 bits per heavy atom. The number of amides is 1. The Bertz CT molecular complexity index is 974. The molecule has 0 saturated heterocycles. The molecular weight excluding hydrogens is 429 g/mol. The van der Waals surface area contributed by atoms with Crippen LogP contribution in [-0.4, -0.2) is 49.6 Å². The fourth-order valence-electron chi connectivity index (χ4n) is 2.86. The first-order valence-electron chi connectivity index (χ1n) is 9.15. The number of hydrogen-bond donors (Lipinski definition) is 0. The van der Waals surface area contributed by atoms with E-state index in [-0.39, 0.29) is 18.3 Å². The molecule has 0 spiro atoms. The molecule has 1 heterocycles. The topological polar surface area (TPSA) is 45.7 Å². The van der Waals surface area contributed by atoms with E-state index in [0.29, 0.717) is 28.9 Å². The Kier molecular flexibility index (Phi) is 8.28. The van der Waals surface area contributed by atoms with E-state index in [4.69, 9.17) is 21.3 Å². The van der Waals surface area contributed by atoms with E-state index in [1.54, 1.807) is 17.0 Å². The van der Waals surface area contributed by atoms with Crippen LogP contribution in [-0.2, 0) is 0 Å². The summed E-state index contributed by atoms with van der Waals surface area (Å²) in [7, 11) is 3.98. The molecule has 0 saturated carbocycles. The lowest BCUT2D eigenvalue weighted by Gasteiger charge is -2.22. The fourth-order valence-corrected chi connectivity index (χ4v) is 4.30. The van der Waals surface area contributed by atoms with Crippen LogP contribution in [0.1, 0.15) is 22.8 Å². The van der Waals surface area contributed by atoms with E-state index in [9.17, 15) is 4.79 Å². The van der Waals surface area contributed by atoms with Crippen molar-refractivity contribution in [2.24, 2.45) is 0 Å². The number of carbonyl (C=O) groups is 1. The molecule has 29 heavy (non-hydrogen) atoms. The predicted molar refractivity (Wildman–Crippen MR) is 124 cm³/mol. The molecular formula is C21H25Cl2N3O2S. The van der Waals surface area contributed by atoms with Crippen molar-refractivity contribution in [3.63, 3.8) is 0 Å². The normalized spacial score (nSPS) is 10.8. The van der Waals surface area contributed by atoms with E-state index < -0.39 is 0 Å². The van der Waals surface area contributed by atoms with Gasteiger partial charge in [0.05, 0.1) is 16.8 Å². The molecule has 1 amide bonds. The molecule has 156 valence electrons. The highest BCUT2D eigenvalue weighted by Crippen LogP contribution is 2.33. The number of ether oxygens (including phenoxy) is 1. The molecule has 0 N–H and O–H groups in total. The Morgan fingerprint density at radius 3 is 2.48 bits per heavy atom. The molecule has 3 aromatic rings. The first-order valence-corrected chi connectivity index (χ1v) is 10.3. The van der Waals surface area contributed by atoms with Crippen LogP contribution in [0.5, 0.6) is 5.75 Å². The number of halogens is 2. The van der Waals surface area contributed by atoms with Crippen molar-refractivity contribution >= 4 is 56.6 Å². The molecule has 0 fully saturated rings. The van der Waals surface area contributed by atoms with Gasteiger partial charge in [-0.3, -0.25) is 9.69 Å². The first-order chi connectivity index (χ1) is 13.4. The first kappa shape index (κ1) is 23.4. The number of likely N-dealkylation sites (N-methyl/N-ethyl adjacent to an activating group) is 1. The zero-order chi connectivity index (χ0) is 20.3. The van der Waals surface area contributed by atoms with E-state index >= 15 is 0 Å². The number of fused-ring (bicyclic) bond motifs is 1. The lowest BCUT2D eigenvalue weighted by Crippen LogP contribution is -2.36. The van der Waals surface area contributed by atoms with Crippen molar-refractivity contribution < 1.29 is 9.53 Å². The summed E-state index contributed by atoms with van der Waals surface area (Å²) in [6.07, 6.45) is 0. The SMILES string of the molecule is CCOc1ccc(C(=O)N(CCN(C)C)c2nc3c(C)cc(Cl)cc3s2)cc1.Cl. The number of rotatable bonds is 7. The minimum Gasteiger partial charge on any atom is -0.494 e. The fraction of sp³-hybridized carbons (Fsp3) is 0.333. The van der Waals surface area contributed by atoms with Crippen LogP contribution >= 0.6 is 35.3 Å². The smallest absolute Gasteiger partial charge is 0.260 e. The zero-order valence-electron chi connectivity index (χ0n) is 16.9. The van der Waals surface area contributed by atoms with Gasteiger partial charge in [0.25, 0.3) is 5.91 Å². The molecule has 2 aromatic carbocycles. The van der Waals surface area contributed by atoms with Crippen molar-refractivity contribution in [1.29, 1.82) is 0 Å². The molecule has 3 rings (SSSR count). The number of benzene rings is 2. The van der Waals surface area contributed by atoms with Gasteiger partial charge in [0.15, 0.2) is 5.13 Å². The van der Waals surface area contributed by atoms with Gasteiger partial charge >= 0.3 is 0 Å². The van der Waals surface area contributed by atoms with Gasteiger partial charge in [-0.05, 0) is 69.9 Å². The van der Waals surface area contributed by atoms with Gasteiger partial charge in [0.2, 0.25) is 0 Å². The van der Waals surface area contributed by atoms with E-state index in [0.717, 1.165) is 28.1 Å². The summed E-state index contributed by atoms with van der Waals surface area (Å²) < 4.78 is 6.46. The van der Waals surface area contributed by atoms with Gasteiger partial charge in [-0.1, -0.05) is 22.9 Å². The summed E-state index contributed by atoms with van der Waals surface area (Å²) in [6, 6.07) is 11.0. The Balaban J connectivity index is 0.00000300. The van der Waals surface area contributed by atoms with Crippen molar-refractivity contribution in [3.05, 3.63) is 52.5 Å². The average molecular weight is 454 g/mol. The third-order valence-electron chi connectivity index (χ3n) is 4.30. The van der Waals surface area contributed by atoms with Crippen LogP contribution in [0.15, 0.2) is 36.4 Å². The van der Waals surface area contributed by atoms with Crippen LogP contribution in [0.25, 0.3) is 10.2 Å². The molecule has 0 radical (unpaired) electrons. The third-order valence-corrected chi connectivity index (χ3v) is 5.54.